The van der Waals surface area contributed by atoms with Gasteiger partial charge in [0.05, 0.1) is 35.5 Å². The van der Waals surface area contributed by atoms with Crippen molar-refractivity contribution in [3.05, 3.63) is 93.5 Å². The van der Waals surface area contributed by atoms with Gasteiger partial charge in [-0.1, -0.05) is 23.7 Å². The number of aryl methyl sites for hydroxylation is 1. The Labute approximate surface area is 256 Å². The molecule has 6 rings (SSSR count). The molecule has 4 aromatic heterocycles. The molecular formula is C30H31ClFN7O3S. The Morgan fingerprint density at radius 1 is 1.19 bits per heavy atom. The molecule has 1 aromatic carbocycles. The predicted octanol–water partition coefficient (Wildman–Crippen LogP) is 5.63. The van der Waals surface area contributed by atoms with Crippen LogP contribution < -0.4 is 10.2 Å². The average Bonchev–Trinajstić information content (AvgIpc) is 3.73. The first-order chi connectivity index (χ1) is 20.9. The van der Waals surface area contributed by atoms with Crippen LogP contribution in [-0.4, -0.2) is 53.2 Å². The molecule has 1 aliphatic heterocycles. The third-order valence-electron chi connectivity index (χ3n) is 7.82. The summed E-state index contributed by atoms with van der Waals surface area (Å²) in [6.45, 7) is 5.94. The van der Waals surface area contributed by atoms with Crippen LogP contribution in [0, 0.1) is 5.82 Å². The van der Waals surface area contributed by atoms with Crippen LogP contribution in [0.25, 0.3) is 10.3 Å². The van der Waals surface area contributed by atoms with Gasteiger partial charge in [0.15, 0.2) is 0 Å². The second-order valence-corrected chi connectivity index (χ2v) is 12.0. The van der Waals surface area contributed by atoms with Crippen molar-refractivity contribution in [2.45, 2.75) is 51.9 Å². The van der Waals surface area contributed by atoms with Crippen molar-refractivity contribution < 1.29 is 19.1 Å². The molecule has 1 amide bonds. The van der Waals surface area contributed by atoms with Crippen molar-refractivity contribution in [2.24, 2.45) is 0 Å². The van der Waals surface area contributed by atoms with Gasteiger partial charge in [-0.05, 0) is 57.1 Å². The summed E-state index contributed by atoms with van der Waals surface area (Å²) in [7, 11) is 0. The highest BCUT2D eigenvalue weighted by atomic mass is 35.5. The lowest BCUT2D eigenvalue weighted by Gasteiger charge is -2.31. The lowest BCUT2D eigenvalue weighted by atomic mass is 9.93. The van der Waals surface area contributed by atoms with E-state index in [1.807, 2.05) is 24.7 Å². The quantitative estimate of drug-likeness (QED) is 0.153. The first kappa shape index (κ1) is 29.2. The number of likely N-dealkylation sites (tertiary alicyclic amines) is 1. The highest BCUT2D eigenvalue weighted by molar-refractivity contribution is 7.20. The molecule has 0 aliphatic carbocycles. The minimum Gasteiger partial charge on any atom is -0.473 e. The normalized spacial score (nSPS) is 14.4. The number of aromatic nitrogens is 5. The van der Waals surface area contributed by atoms with E-state index in [2.05, 4.69) is 25.9 Å². The van der Waals surface area contributed by atoms with Crippen molar-refractivity contribution in [1.29, 1.82) is 0 Å². The van der Waals surface area contributed by atoms with Crippen LogP contribution in [0.2, 0.25) is 5.02 Å². The van der Waals surface area contributed by atoms with Gasteiger partial charge >= 0.3 is 0 Å². The van der Waals surface area contributed by atoms with E-state index in [0.29, 0.717) is 34.4 Å². The van der Waals surface area contributed by atoms with Crippen molar-refractivity contribution in [1.82, 2.24) is 34.5 Å². The Morgan fingerprint density at radius 3 is 2.79 bits per heavy atom. The lowest BCUT2D eigenvalue weighted by molar-refractivity contribution is 0.0711. The summed E-state index contributed by atoms with van der Waals surface area (Å²) in [5, 5.41) is 9.46. The van der Waals surface area contributed by atoms with Crippen molar-refractivity contribution in [3.8, 4) is 5.88 Å². The summed E-state index contributed by atoms with van der Waals surface area (Å²) in [6.07, 6.45) is 5.53. The molecule has 224 valence electrons. The molecule has 0 spiro atoms. The number of ether oxygens (including phenoxy) is 1. The van der Waals surface area contributed by atoms with Crippen LogP contribution in [0.3, 0.4) is 0 Å². The fourth-order valence-corrected chi connectivity index (χ4v) is 6.57. The zero-order valence-corrected chi connectivity index (χ0v) is 25.1. The Hall–Kier alpha value is -3.84. The van der Waals surface area contributed by atoms with Crippen LogP contribution in [0.15, 0.2) is 55.0 Å². The van der Waals surface area contributed by atoms with E-state index in [1.165, 1.54) is 17.4 Å². The molecule has 5 aromatic rings. The third kappa shape index (κ3) is 6.42. The lowest BCUT2D eigenvalue weighted by Crippen LogP contribution is -2.33. The number of thiophene rings is 1. The number of piperidine rings is 1. The molecule has 0 radical (unpaired) electrons. The number of carbonyl (C=O) groups excluding carboxylic acids is 1. The molecule has 13 heteroatoms. The number of hydrogen-bond donors (Lipinski definition) is 2. The number of nitrogens with one attached hydrogen (secondary N) is 1. The summed E-state index contributed by atoms with van der Waals surface area (Å²) in [4.78, 5) is 29.6. The largest absolute Gasteiger partial charge is 0.473 e. The fraction of sp³-hybridized carbons (Fsp3) is 0.333. The zero-order chi connectivity index (χ0) is 29.9. The van der Waals surface area contributed by atoms with Crippen LogP contribution >= 0.6 is 22.9 Å². The number of hydrogen-bond acceptors (Lipinski definition) is 8. The molecule has 1 fully saturated rings. The van der Waals surface area contributed by atoms with Crippen molar-refractivity contribution in [2.75, 3.05) is 13.1 Å². The van der Waals surface area contributed by atoms with Gasteiger partial charge in [0, 0.05) is 41.0 Å². The van der Waals surface area contributed by atoms with E-state index in [-0.39, 0.29) is 12.5 Å². The highest BCUT2D eigenvalue weighted by Crippen LogP contribution is 2.31. The predicted molar refractivity (Wildman–Crippen MR) is 161 cm³/mol. The maximum absolute atomic E-state index is 14.2. The molecule has 10 nitrogen and oxygen atoms in total. The summed E-state index contributed by atoms with van der Waals surface area (Å²) < 4.78 is 24.2. The summed E-state index contributed by atoms with van der Waals surface area (Å²) in [5.41, 5.74) is 5.02. The summed E-state index contributed by atoms with van der Waals surface area (Å²) >= 11 is 7.11. The minimum atomic E-state index is -0.544. The minimum absolute atomic E-state index is 0.0766. The van der Waals surface area contributed by atoms with Gasteiger partial charge in [-0.3, -0.25) is 14.9 Å². The van der Waals surface area contributed by atoms with E-state index in [1.54, 1.807) is 29.7 Å². The number of pyridine rings is 1. The maximum Gasteiger partial charge on any atom is 0.284 e. The van der Waals surface area contributed by atoms with Gasteiger partial charge < -0.3 is 13.9 Å². The van der Waals surface area contributed by atoms with E-state index < -0.39 is 11.7 Å². The smallest absolute Gasteiger partial charge is 0.284 e. The van der Waals surface area contributed by atoms with Gasteiger partial charge in [0.2, 0.25) is 5.88 Å². The monoisotopic (exact) mass is 623 g/mol. The number of nitrogens with zero attached hydrogens (tertiary/aromatic N) is 6. The Balaban J connectivity index is 1.13. The summed E-state index contributed by atoms with van der Waals surface area (Å²) in [6, 6.07) is 12.1. The summed E-state index contributed by atoms with van der Waals surface area (Å²) in [5.74, 6) is 0.730. The number of amides is 1. The highest BCUT2D eigenvalue weighted by Gasteiger charge is 2.25. The van der Waals surface area contributed by atoms with E-state index in [4.69, 9.17) is 31.5 Å². The second-order valence-electron chi connectivity index (χ2n) is 10.5. The first-order valence-electron chi connectivity index (χ1n) is 14.1. The second kappa shape index (κ2) is 12.8. The SMILES string of the molecule is CCn1cncc1Cn1c(CN2CCC(c3cccc(OCc4ccc(Cl)cc4F)n3)CC2)nc2sc(C(=O)NO)cc21. The van der Waals surface area contributed by atoms with Crippen LogP contribution in [0.4, 0.5) is 4.39 Å². The number of hydroxylamine groups is 1. The van der Waals surface area contributed by atoms with Crippen molar-refractivity contribution in [3.63, 3.8) is 0 Å². The molecule has 1 aliphatic rings. The molecule has 0 saturated carbocycles. The van der Waals surface area contributed by atoms with Gasteiger partial charge in [-0.15, -0.1) is 11.3 Å². The molecular weight excluding hydrogens is 593 g/mol. The van der Waals surface area contributed by atoms with Crippen LogP contribution in [-0.2, 0) is 26.2 Å². The van der Waals surface area contributed by atoms with E-state index >= 15 is 0 Å². The van der Waals surface area contributed by atoms with Gasteiger partial charge in [0.1, 0.15) is 23.1 Å². The van der Waals surface area contributed by atoms with E-state index in [0.717, 1.165) is 60.0 Å². The first-order valence-corrected chi connectivity index (χ1v) is 15.3. The van der Waals surface area contributed by atoms with E-state index in [9.17, 15) is 9.18 Å². The number of halogens is 2. The molecule has 0 unspecified atom stereocenters. The maximum atomic E-state index is 14.2. The van der Waals surface area contributed by atoms with Gasteiger partial charge in [-0.25, -0.2) is 24.8 Å². The van der Waals surface area contributed by atoms with Gasteiger partial charge in [-0.2, -0.15) is 0 Å². The Kier molecular flexibility index (Phi) is 8.70. The average molecular weight is 624 g/mol. The third-order valence-corrected chi connectivity index (χ3v) is 9.07. The number of fused-ring (bicyclic) bond motifs is 1. The zero-order valence-electron chi connectivity index (χ0n) is 23.5. The molecule has 1 saturated heterocycles. The van der Waals surface area contributed by atoms with Crippen LogP contribution in [0.5, 0.6) is 5.88 Å². The van der Waals surface area contributed by atoms with Gasteiger partial charge in [0.25, 0.3) is 5.91 Å². The van der Waals surface area contributed by atoms with Crippen molar-refractivity contribution >= 4 is 39.2 Å². The molecule has 43 heavy (non-hydrogen) atoms. The Bertz CT molecular complexity index is 1740. The Morgan fingerprint density at radius 2 is 2.02 bits per heavy atom. The topological polar surface area (TPSA) is 110 Å². The number of rotatable bonds is 10. The molecule has 5 heterocycles. The standard InChI is InChI=1S/C30H31ClFN7O3S/c1-2-38-18-33-14-22(38)15-39-25-13-26(29(40)36-41)43-30(25)35-27(39)16-37-10-8-19(9-11-37)24-4-3-5-28(34-24)42-17-20-6-7-21(31)12-23(20)32/h3-7,12-14,18-19,41H,2,8-11,15-17H2,1H3,(H,36,40). The fourth-order valence-electron chi connectivity index (χ4n) is 5.47. The molecule has 0 atom stereocenters. The molecule has 0 bridgehead atoms. The number of benzene rings is 1. The number of carbonyl (C=O) groups is 1. The number of imidazole rings is 2. The van der Waals surface area contributed by atoms with Crippen LogP contribution in [0.1, 0.15) is 58.1 Å². The molecule has 2 N–H and O–H groups in total.